The van der Waals surface area contributed by atoms with Crippen LogP contribution in [0.5, 0.6) is 0 Å². The Morgan fingerprint density at radius 1 is 1.15 bits per heavy atom. The minimum atomic E-state index is -1.07. The van der Waals surface area contributed by atoms with Crippen molar-refractivity contribution in [1.29, 1.82) is 0 Å². The highest BCUT2D eigenvalue weighted by Crippen LogP contribution is 2.29. The molecule has 0 fully saturated rings. The molecule has 2 N–H and O–H groups in total. The molecule has 0 bridgehead atoms. The average Bonchev–Trinajstić information content (AvgIpc) is 2.53. The van der Waals surface area contributed by atoms with Crippen LogP contribution in [0.25, 0.3) is 0 Å². The van der Waals surface area contributed by atoms with Crippen molar-refractivity contribution in [2.75, 3.05) is 0 Å². The molecular formula is C20H23ClN2O3. The Bertz CT molecular complexity index is 814. The number of hydrogen-bond acceptors (Lipinski definition) is 3. The lowest BCUT2D eigenvalue weighted by molar-refractivity contribution is 0.0903. The third-order valence-electron chi connectivity index (χ3n) is 4.26. The molecule has 0 aliphatic rings. The Labute approximate surface area is 158 Å². The molecule has 0 spiro atoms. The number of rotatable bonds is 6. The normalized spacial score (nSPS) is 11.9. The Balaban J connectivity index is 2.19. The van der Waals surface area contributed by atoms with E-state index in [1.54, 1.807) is 44.3 Å². The second-order valence-corrected chi connectivity index (χ2v) is 7.94. The van der Waals surface area contributed by atoms with Crippen LogP contribution < -0.4 is 5.32 Å². The van der Waals surface area contributed by atoms with Crippen molar-refractivity contribution >= 4 is 23.5 Å². The number of carbonyl (C=O) groups excluding carboxylic acids is 1. The second kappa shape index (κ2) is 7.46. The van der Waals surface area contributed by atoms with Gasteiger partial charge < -0.3 is 10.4 Å². The first kappa shape index (κ1) is 19.9. The van der Waals surface area contributed by atoms with E-state index in [1.165, 1.54) is 0 Å². The summed E-state index contributed by atoms with van der Waals surface area (Å²) in [6, 6.07) is 10.7. The fourth-order valence-corrected chi connectivity index (χ4v) is 3.03. The molecule has 0 aliphatic carbocycles. The molecule has 2 rings (SSSR count). The second-order valence-electron chi connectivity index (χ2n) is 7.51. The topological polar surface area (TPSA) is 79.3 Å². The maximum Gasteiger partial charge on any atom is 0.405 e. The molecule has 1 aromatic heterocycles. The van der Waals surface area contributed by atoms with Gasteiger partial charge in [-0.3, -0.25) is 9.78 Å². The number of hydrogen-bond donors (Lipinski definition) is 2. The number of nitrogens with one attached hydrogen (secondary N) is 1. The summed E-state index contributed by atoms with van der Waals surface area (Å²) in [6.07, 6.45) is 1.02. The number of Topliss-reactive ketones (excluding diaryl/α,β-unsaturated/α-hetero) is 1. The van der Waals surface area contributed by atoms with E-state index in [0.717, 1.165) is 11.1 Å². The largest absolute Gasteiger partial charge is 0.465 e. The molecule has 0 radical (unpaired) electrons. The summed E-state index contributed by atoms with van der Waals surface area (Å²) in [6.45, 7) is 7.28. The van der Waals surface area contributed by atoms with Crippen molar-refractivity contribution in [3.63, 3.8) is 0 Å². The number of halogens is 1. The summed E-state index contributed by atoms with van der Waals surface area (Å²) in [5.74, 6) is -0.103. The predicted octanol–water partition coefficient (Wildman–Crippen LogP) is 4.48. The number of carboxylic acid groups (broad SMARTS) is 1. The highest BCUT2D eigenvalue weighted by atomic mass is 35.5. The molecule has 1 heterocycles. The van der Waals surface area contributed by atoms with Crippen molar-refractivity contribution in [2.45, 2.75) is 45.1 Å². The number of benzene rings is 1. The standard InChI is InChI=1S/C20H23ClN2O3/c1-19(2,23-18(25)26)11-13-8-9-16(22-12-13)17(24)20(3,4)14-6-5-7-15(21)10-14/h5-10,12,23H,11H2,1-4H3,(H,25,26). The lowest BCUT2D eigenvalue weighted by Crippen LogP contribution is -2.44. The van der Waals surface area contributed by atoms with Gasteiger partial charge in [0.05, 0.1) is 5.41 Å². The van der Waals surface area contributed by atoms with Gasteiger partial charge in [-0.2, -0.15) is 0 Å². The first-order chi connectivity index (χ1) is 12.0. The molecule has 0 unspecified atom stereocenters. The van der Waals surface area contributed by atoms with E-state index in [2.05, 4.69) is 10.3 Å². The number of carbonyl (C=O) groups is 2. The SMILES string of the molecule is CC(C)(Cc1ccc(C(=O)C(C)(C)c2cccc(Cl)c2)nc1)NC(=O)O. The van der Waals surface area contributed by atoms with Crippen LogP contribution in [-0.2, 0) is 11.8 Å². The Kier molecular flexibility index (Phi) is 5.71. The third kappa shape index (κ3) is 4.82. The van der Waals surface area contributed by atoms with E-state index in [1.807, 2.05) is 26.0 Å². The van der Waals surface area contributed by atoms with Crippen LogP contribution in [0.4, 0.5) is 4.79 Å². The Hall–Kier alpha value is -2.40. The van der Waals surface area contributed by atoms with Gasteiger partial charge in [0.1, 0.15) is 5.69 Å². The quantitative estimate of drug-likeness (QED) is 0.730. The molecule has 26 heavy (non-hydrogen) atoms. The molecular weight excluding hydrogens is 352 g/mol. The fourth-order valence-electron chi connectivity index (χ4n) is 2.84. The van der Waals surface area contributed by atoms with Crippen molar-refractivity contribution in [3.05, 3.63) is 64.4 Å². The van der Waals surface area contributed by atoms with Crippen molar-refractivity contribution in [1.82, 2.24) is 10.3 Å². The summed E-state index contributed by atoms with van der Waals surface area (Å²) < 4.78 is 0. The molecule has 1 amide bonds. The molecule has 2 aromatic rings. The van der Waals surface area contributed by atoms with Crippen LogP contribution >= 0.6 is 11.6 Å². The highest BCUT2D eigenvalue weighted by molar-refractivity contribution is 6.30. The zero-order valence-corrected chi connectivity index (χ0v) is 16.1. The molecule has 0 saturated heterocycles. The number of ketones is 1. The highest BCUT2D eigenvalue weighted by Gasteiger charge is 2.32. The summed E-state index contributed by atoms with van der Waals surface area (Å²) in [7, 11) is 0. The Morgan fingerprint density at radius 3 is 2.38 bits per heavy atom. The zero-order chi connectivity index (χ0) is 19.5. The van der Waals surface area contributed by atoms with Crippen molar-refractivity contribution in [3.8, 4) is 0 Å². The van der Waals surface area contributed by atoms with Gasteiger partial charge in [0, 0.05) is 16.8 Å². The predicted molar refractivity (Wildman–Crippen MR) is 102 cm³/mol. The lowest BCUT2D eigenvalue weighted by Gasteiger charge is -2.25. The van der Waals surface area contributed by atoms with Crippen LogP contribution in [0.2, 0.25) is 5.02 Å². The first-order valence-electron chi connectivity index (χ1n) is 8.28. The van der Waals surface area contributed by atoms with E-state index < -0.39 is 17.0 Å². The number of aromatic nitrogens is 1. The summed E-state index contributed by atoms with van der Waals surface area (Å²) in [4.78, 5) is 28.1. The molecule has 5 nitrogen and oxygen atoms in total. The summed E-state index contributed by atoms with van der Waals surface area (Å²) in [5.41, 5.74) is 0.652. The maximum atomic E-state index is 12.9. The fraction of sp³-hybridized carbons (Fsp3) is 0.350. The van der Waals surface area contributed by atoms with Gasteiger partial charge in [-0.05, 0) is 63.4 Å². The summed E-state index contributed by atoms with van der Waals surface area (Å²) >= 11 is 6.05. The monoisotopic (exact) mass is 374 g/mol. The number of pyridine rings is 1. The van der Waals surface area contributed by atoms with Gasteiger partial charge in [0.2, 0.25) is 0 Å². The molecule has 1 aromatic carbocycles. The third-order valence-corrected chi connectivity index (χ3v) is 4.50. The van der Waals surface area contributed by atoms with Crippen LogP contribution in [0.15, 0.2) is 42.6 Å². The smallest absolute Gasteiger partial charge is 0.405 e. The zero-order valence-electron chi connectivity index (χ0n) is 15.3. The first-order valence-corrected chi connectivity index (χ1v) is 8.66. The van der Waals surface area contributed by atoms with Crippen LogP contribution in [-0.4, -0.2) is 27.5 Å². The van der Waals surface area contributed by atoms with Crippen LogP contribution in [0.1, 0.15) is 49.3 Å². The molecule has 138 valence electrons. The number of amides is 1. The minimum absolute atomic E-state index is 0.103. The molecule has 0 aliphatic heterocycles. The van der Waals surface area contributed by atoms with Crippen LogP contribution in [0.3, 0.4) is 0 Å². The number of nitrogens with zero attached hydrogens (tertiary/aromatic N) is 1. The molecule has 0 atom stereocenters. The van der Waals surface area contributed by atoms with E-state index >= 15 is 0 Å². The van der Waals surface area contributed by atoms with Gasteiger partial charge in [-0.25, -0.2) is 4.79 Å². The summed E-state index contributed by atoms with van der Waals surface area (Å²) in [5, 5.41) is 11.9. The van der Waals surface area contributed by atoms with Gasteiger partial charge in [0.25, 0.3) is 0 Å². The van der Waals surface area contributed by atoms with Crippen LogP contribution in [0, 0.1) is 0 Å². The van der Waals surface area contributed by atoms with Crippen molar-refractivity contribution < 1.29 is 14.7 Å². The van der Waals surface area contributed by atoms with E-state index in [9.17, 15) is 9.59 Å². The van der Waals surface area contributed by atoms with Gasteiger partial charge in [-0.1, -0.05) is 29.8 Å². The van der Waals surface area contributed by atoms with Crippen molar-refractivity contribution in [2.24, 2.45) is 0 Å². The average molecular weight is 375 g/mol. The van der Waals surface area contributed by atoms with E-state index in [0.29, 0.717) is 17.1 Å². The van der Waals surface area contributed by atoms with E-state index in [-0.39, 0.29) is 5.78 Å². The lowest BCUT2D eigenvalue weighted by atomic mass is 9.79. The molecule has 0 saturated carbocycles. The van der Waals surface area contributed by atoms with Gasteiger partial charge in [0.15, 0.2) is 5.78 Å². The van der Waals surface area contributed by atoms with E-state index in [4.69, 9.17) is 16.7 Å². The van der Waals surface area contributed by atoms with Gasteiger partial charge in [-0.15, -0.1) is 0 Å². The van der Waals surface area contributed by atoms with Gasteiger partial charge >= 0.3 is 6.09 Å². The maximum absolute atomic E-state index is 12.9. The minimum Gasteiger partial charge on any atom is -0.465 e. The Morgan fingerprint density at radius 2 is 1.85 bits per heavy atom. The molecule has 6 heteroatoms.